The number of aromatic nitrogens is 2. The van der Waals surface area contributed by atoms with Crippen molar-refractivity contribution >= 4 is 5.69 Å². The van der Waals surface area contributed by atoms with Crippen LogP contribution in [0.2, 0.25) is 0 Å². The predicted molar refractivity (Wildman–Crippen MR) is 60.1 cm³/mol. The molecule has 1 aromatic rings. The lowest BCUT2D eigenvalue weighted by molar-refractivity contribution is 0.187. The van der Waals surface area contributed by atoms with E-state index in [1.807, 2.05) is 18.7 Å². The first kappa shape index (κ1) is 10.5. The summed E-state index contributed by atoms with van der Waals surface area (Å²) in [6.45, 7) is 6.93. The summed E-state index contributed by atoms with van der Waals surface area (Å²) in [7, 11) is 1.98. The van der Waals surface area contributed by atoms with Gasteiger partial charge in [0, 0.05) is 26.1 Å². The second-order valence-corrected chi connectivity index (χ2v) is 4.28. The van der Waals surface area contributed by atoms with Gasteiger partial charge in [0.05, 0.1) is 23.7 Å². The van der Waals surface area contributed by atoms with E-state index < -0.39 is 0 Å². The van der Waals surface area contributed by atoms with Crippen LogP contribution in [0.1, 0.15) is 17.8 Å². The molecule has 4 heteroatoms. The van der Waals surface area contributed by atoms with Crippen LogP contribution in [0.5, 0.6) is 0 Å². The highest BCUT2D eigenvalue weighted by molar-refractivity contribution is 5.51. The fraction of sp³-hybridized carbons (Fsp3) is 0.727. The molecular formula is C11H19N3O. The number of aryl methyl sites for hydroxylation is 2. The third-order valence-electron chi connectivity index (χ3n) is 3.10. The van der Waals surface area contributed by atoms with Crippen molar-refractivity contribution < 1.29 is 4.74 Å². The molecule has 84 valence electrons. The largest absolute Gasteiger partial charge is 0.382 e. The standard InChI is InChI=1S/C11H19N3O/c1-8-11(9(2)14(3)13-8)12-6-10-4-5-15-7-10/h10,12H,4-7H2,1-3H3. The quantitative estimate of drug-likeness (QED) is 0.819. The van der Waals surface area contributed by atoms with Gasteiger partial charge in [-0.1, -0.05) is 0 Å². The van der Waals surface area contributed by atoms with E-state index in [2.05, 4.69) is 17.3 Å². The summed E-state index contributed by atoms with van der Waals surface area (Å²) in [4.78, 5) is 0. The first-order valence-corrected chi connectivity index (χ1v) is 5.50. The zero-order chi connectivity index (χ0) is 10.8. The third-order valence-corrected chi connectivity index (χ3v) is 3.10. The third kappa shape index (κ3) is 2.15. The molecule has 4 nitrogen and oxygen atoms in total. The van der Waals surface area contributed by atoms with Gasteiger partial charge in [-0.25, -0.2) is 0 Å². The van der Waals surface area contributed by atoms with Crippen LogP contribution in [0.15, 0.2) is 0 Å². The van der Waals surface area contributed by atoms with Crippen molar-refractivity contribution in [3.8, 4) is 0 Å². The molecule has 2 rings (SSSR count). The maximum absolute atomic E-state index is 5.35. The Balaban J connectivity index is 1.97. The van der Waals surface area contributed by atoms with E-state index in [-0.39, 0.29) is 0 Å². The minimum atomic E-state index is 0.656. The average molecular weight is 209 g/mol. The maximum atomic E-state index is 5.35. The molecule has 1 aromatic heterocycles. The van der Waals surface area contributed by atoms with Gasteiger partial charge in [-0.2, -0.15) is 5.10 Å². The van der Waals surface area contributed by atoms with Crippen molar-refractivity contribution in [1.29, 1.82) is 0 Å². The molecule has 2 heterocycles. The van der Waals surface area contributed by atoms with Crippen LogP contribution in [-0.2, 0) is 11.8 Å². The monoisotopic (exact) mass is 209 g/mol. The minimum Gasteiger partial charge on any atom is -0.382 e. The van der Waals surface area contributed by atoms with Crippen LogP contribution in [0.3, 0.4) is 0 Å². The lowest BCUT2D eigenvalue weighted by Crippen LogP contribution is -2.14. The molecule has 0 aliphatic carbocycles. The molecule has 1 N–H and O–H groups in total. The Labute approximate surface area is 90.6 Å². The zero-order valence-corrected chi connectivity index (χ0v) is 9.71. The van der Waals surface area contributed by atoms with E-state index in [9.17, 15) is 0 Å². The summed E-state index contributed by atoms with van der Waals surface area (Å²) in [5.41, 5.74) is 3.46. The molecule has 0 spiro atoms. The van der Waals surface area contributed by atoms with Gasteiger partial charge in [-0.3, -0.25) is 4.68 Å². The topological polar surface area (TPSA) is 39.1 Å². The van der Waals surface area contributed by atoms with Crippen LogP contribution in [0.25, 0.3) is 0 Å². The summed E-state index contributed by atoms with van der Waals surface area (Å²) in [6, 6.07) is 0. The van der Waals surface area contributed by atoms with Gasteiger partial charge in [0.1, 0.15) is 0 Å². The summed E-state index contributed by atoms with van der Waals surface area (Å²) >= 11 is 0. The minimum absolute atomic E-state index is 0.656. The fourth-order valence-corrected chi connectivity index (χ4v) is 2.02. The number of hydrogen-bond acceptors (Lipinski definition) is 3. The summed E-state index contributed by atoms with van der Waals surface area (Å²) in [5.74, 6) is 0.656. The molecular weight excluding hydrogens is 190 g/mol. The number of anilines is 1. The number of rotatable bonds is 3. The van der Waals surface area contributed by atoms with Gasteiger partial charge in [-0.05, 0) is 20.3 Å². The Morgan fingerprint density at radius 2 is 2.33 bits per heavy atom. The molecule has 0 saturated carbocycles. The number of nitrogens with zero attached hydrogens (tertiary/aromatic N) is 2. The van der Waals surface area contributed by atoms with Gasteiger partial charge in [-0.15, -0.1) is 0 Å². The van der Waals surface area contributed by atoms with E-state index in [1.54, 1.807) is 0 Å². The molecule has 1 saturated heterocycles. The van der Waals surface area contributed by atoms with Crippen molar-refractivity contribution in [3.63, 3.8) is 0 Å². The van der Waals surface area contributed by atoms with E-state index in [4.69, 9.17) is 4.74 Å². The molecule has 0 aromatic carbocycles. The summed E-state index contributed by atoms with van der Waals surface area (Å²) in [6.07, 6.45) is 1.17. The highest BCUT2D eigenvalue weighted by atomic mass is 16.5. The van der Waals surface area contributed by atoms with Gasteiger partial charge in [0.15, 0.2) is 0 Å². The van der Waals surface area contributed by atoms with Gasteiger partial charge in [0.25, 0.3) is 0 Å². The normalized spacial score (nSPS) is 20.9. The lowest BCUT2D eigenvalue weighted by atomic mass is 10.1. The second-order valence-electron chi connectivity index (χ2n) is 4.28. The highest BCUT2D eigenvalue weighted by Crippen LogP contribution is 2.20. The number of ether oxygens (including phenoxy) is 1. The summed E-state index contributed by atoms with van der Waals surface area (Å²) in [5, 5.41) is 7.86. The fourth-order valence-electron chi connectivity index (χ4n) is 2.02. The molecule has 15 heavy (non-hydrogen) atoms. The Hall–Kier alpha value is -1.03. The van der Waals surface area contributed by atoms with E-state index in [0.29, 0.717) is 5.92 Å². The first-order valence-electron chi connectivity index (χ1n) is 5.50. The molecule has 0 radical (unpaired) electrons. The van der Waals surface area contributed by atoms with Crippen molar-refractivity contribution in [2.45, 2.75) is 20.3 Å². The average Bonchev–Trinajstić information content (AvgIpc) is 2.76. The predicted octanol–water partition coefficient (Wildman–Crippen LogP) is 1.49. The van der Waals surface area contributed by atoms with E-state index in [0.717, 1.165) is 25.5 Å². The molecule has 1 unspecified atom stereocenters. The van der Waals surface area contributed by atoms with E-state index in [1.165, 1.54) is 17.8 Å². The Bertz CT molecular complexity index is 340. The van der Waals surface area contributed by atoms with Gasteiger partial charge in [0.2, 0.25) is 0 Å². The van der Waals surface area contributed by atoms with E-state index >= 15 is 0 Å². The smallest absolute Gasteiger partial charge is 0.0827 e. The highest BCUT2D eigenvalue weighted by Gasteiger charge is 2.16. The van der Waals surface area contributed by atoms with Crippen molar-refractivity contribution in [1.82, 2.24) is 9.78 Å². The van der Waals surface area contributed by atoms with Crippen LogP contribution >= 0.6 is 0 Å². The van der Waals surface area contributed by atoms with Crippen LogP contribution in [0, 0.1) is 19.8 Å². The Kier molecular flexibility index (Phi) is 2.95. The van der Waals surface area contributed by atoms with Crippen LogP contribution < -0.4 is 5.32 Å². The Morgan fingerprint density at radius 3 is 2.87 bits per heavy atom. The van der Waals surface area contributed by atoms with Crippen molar-refractivity contribution in [2.75, 3.05) is 25.1 Å². The maximum Gasteiger partial charge on any atom is 0.0827 e. The SMILES string of the molecule is Cc1nn(C)c(C)c1NCC1CCOC1. The molecule has 1 fully saturated rings. The summed E-state index contributed by atoms with van der Waals surface area (Å²) < 4.78 is 7.27. The molecule has 1 atom stereocenters. The Morgan fingerprint density at radius 1 is 1.53 bits per heavy atom. The molecule has 1 aliphatic rings. The van der Waals surface area contributed by atoms with Gasteiger partial charge >= 0.3 is 0 Å². The molecule has 0 amide bonds. The lowest BCUT2D eigenvalue weighted by Gasteiger charge is -2.10. The van der Waals surface area contributed by atoms with Crippen molar-refractivity contribution in [3.05, 3.63) is 11.4 Å². The van der Waals surface area contributed by atoms with Gasteiger partial charge < -0.3 is 10.1 Å². The molecule has 0 bridgehead atoms. The number of nitrogens with one attached hydrogen (secondary N) is 1. The number of hydrogen-bond donors (Lipinski definition) is 1. The molecule has 1 aliphatic heterocycles. The zero-order valence-electron chi connectivity index (χ0n) is 9.71. The second kappa shape index (κ2) is 4.23. The van der Waals surface area contributed by atoms with Crippen molar-refractivity contribution in [2.24, 2.45) is 13.0 Å². The van der Waals surface area contributed by atoms with Crippen LogP contribution in [0.4, 0.5) is 5.69 Å². The first-order chi connectivity index (χ1) is 7.18. The van der Waals surface area contributed by atoms with Crippen LogP contribution in [-0.4, -0.2) is 29.5 Å².